The highest BCUT2D eigenvalue weighted by Gasteiger charge is 2.35. The molecule has 1 aliphatic rings. The van der Waals surface area contributed by atoms with Crippen molar-refractivity contribution in [1.29, 1.82) is 0 Å². The minimum Gasteiger partial charge on any atom is -0.496 e. The zero-order chi connectivity index (χ0) is 29.1. The van der Waals surface area contributed by atoms with Crippen molar-refractivity contribution in [1.82, 2.24) is 0 Å². The molecule has 0 amide bonds. The van der Waals surface area contributed by atoms with Gasteiger partial charge in [-0.25, -0.2) is 13.2 Å². The molecule has 0 radical (unpaired) electrons. The number of hydrogen-bond acceptors (Lipinski definition) is 5. The Morgan fingerprint density at radius 3 is 1.95 bits per heavy atom. The van der Waals surface area contributed by atoms with Crippen LogP contribution in [0.3, 0.4) is 0 Å². The molecular weight excluding hydrogens is 564 g/mol. The van der Waals surface area contributed by atoms with Crippen molar-refractivity contribution in [3.63, 3.8) is 0 Å². The molecule has 0 spiro atoms. The van der Waals surface area contributed by atoms with E-state index in [1.54, 1.807) is 19.9 Å². The normalized spacial score (nSPS) is 14.8. The van der Waals surface area contributed by atoms with Crippen LogP contribution in [0.2, 0.25) is 0 Å². The summed E-state index contributed by atoms with van der Waals surface area (Å²) >= 11 is 0. The fourth-order valence-electron chi connectivity index (χ4n) is 3.83. The van der Waals surface area contributed by atoms with E-state index in [0.29, 0.717) is 5.57 Å². The van der Waals surface area contributed by atoms with Gasteiger partial charge in [0, 0.05) is 17.2 Å². The number of alkyl halides is 3. The molecule has 3 aromatic rings. The summed E-state index contributed by atoms with van der Waals surface area (Å²) in [5.74, 6) is -14.6. The summed E-state index contributed by atoms with van der Waals surface area (Å²) in [7, 11) is -4.01. The van der Waals surface area contributed by atoms with Crippen molar-refractivity contribution in [3.05, 3.63) is 88.3 Å². The van der Waals surface area contributed by atoms with Gasteiger partial charge >= 0.3 is 16.3 Å². The molecule has 39 heavy (non-hydrogen) atoms. The van der Waals surface area contributed by atoms with Crippen LogP contribution in [0.4, 0.5) is 35.1 Å². The fraction of sp³-hybridized carbons (Fsp3) is 0.200. The second-order valence-corrected chi connectivity index (χ2v) is 10.3. The number of rotatable bonds is 5. The van der Waals surface area contributed by atoms with Gasteiger partial charge in [0.1, 0.15) is 22.0 Å². The molecule has 1 aliphatic heterocycles. The Labute approximate surface area is 216 Å². The van der Waals surface area contributed by atoms with E-state index in [4.69, 9.17) is 9.47 Å². The van der Waals surface area contributed by atoms with E-state index in [0.717, 1.165) is 37.4 Å². The second-order valence-electron chi connectivity index (χ2n) is 8.77. The predicted molar refractivity (Wildman–Crippen MR) is 120 cm³/mol. The Morgan fingerprint density at radius 2 is 1.38 bits per heavy atom. The van der Waals surface area contributed by atoms with Crippen molar-refractivity contribution in [2.75, 3.05) is 7.11 Å². The van der Waals surface area contributed by atoms with Gasteiger partial charge < -0.3 is 13.7 Å². The first-order chi connectivity index (χ1) is 18.0. The SMILES string of the molecule is COc1cc(C(F)(F)F)ccc1C1=CC(C)(C)Oc2cc(S(=O)(=O)Oc3c(F)c(F)c(F)c(F)c3F)ccc21. The minimum absolute atomic E-state index is 0.137. The van der Waals surface area contributed by atoms with Gasteiger partial charge in [0.05, 0.1) is 12.7 Å². The van der Waals surface area contributed by atoms with E-state index in [9.17, 15) is 43.5 Å². The zero-order valence-corrected chi connectivity index (χ0v) is 20.8. The molecule has 0 bridgehead atoms. The average molecular weight is 580 g/mol. The van der Waals surface area contributed by atoms with Crippen molar-refractivity contribution >= 4 is 15.7 Å². The van der Waals surface area contributed by atoms with Gasteiger partial charge in [-0.05, 0) is 49.8 Å². The first-order valence-electron chi connectivity index (χ1n) is 10.7. The van der Waals surface area contributed by atoms with Gasteiger partial charge in [-0.1, -0.05) is 6.07 Å². The smallest absolute Gasteiger partial charge is 0.416 e. The lowest BCUT2D eigenvalue weighted by Crippen LogP contribution is -2.29. The van der Waals surface area contributed by atoms with Crippen LogP contribution in [-0.2, 0) is 16.3 Å². The van der Waals surface area contributed by atoms with Crippen LogP contribution in [0, 0.1) is 29.1 Å². The first kappa shape index (κ1) is 28.2. The van der Waals surface area contributed by atoms with E-state index in [-0.39, 0.29) is 22.6 Å². The molecule has 0 saturated heterocycles. The van der Waals surface area contributed by atoms with Gasteiger partial charge in [-0.3, -0.25) is 0 Å². The third kappa shape index (κ3) is 5.12. The van der Waals surface area contributed by atoms with Gasteiger partial charge in [0.25, 0.3) is 0 Å². The van der Waals surface area contributed by atoms with Crippen molar-refractivity contribution in [3.8, 4) is 17.2 Å². The van der Waals surface area contributed by atoms with Gasteiger partial charge in [0.15, 0.2) is 0 Å². The Balaban J connectivity index is 1.80. The molecular formula is C25H16F8O5S. The van der Waals surface area contributed by atoms with Crippen molar-refractivity contribution in [2.24, 2.45) is 0 Å². The van der Waals surface area contributed by atoms with Crippen molar-refractivity contribution < 1.29 is 57.2 Å². The predicted octanol–water partition coefficient (Wildman–Crippen LogP) is 6.78. The largest absolute Gasteiger partial charge is 0.496 e. The maximum absolute atomic E-state index is 14.0. The number of benzene rings is 3. The standard InChI is InChI=1S/C25H16F8O5S/c1-24(2)10-15(13-6-4-11(25(31,32)33)8-16(13)36-3)14-7-5-12(9-17(14)37-24)39(34,35)38-23-21(29)19(27)18(26)20(28)22(23)30/h4-10H,1-3H3. The molecule has 1 heterocycles. The molecule has 3 aromatic carbocycles. The molecule has 0 fully saturated rings. The zero-order valence-electron chi connectivity index (χ0n) is 20.0. The van der Waals surface area contributed by atoms with Crippen LogP contribution in [0.15, 0.2) is 47.4 Å². The molecule has 4 rings (SSSR count). The molecule has 0 saturated carbocycles. The lowest BCUT2D eigenvalue weighted by Gasteiger charge is -2.32. The Hall–Kier alpha value is -3.81. The summed E-state index contributed by atoms with van der Waals surface area (Å²) in [6, 6.07) is 5.72. The quantitative estimate of drug-likeness (QED) is 0.144. The highest BCUT2D eigenvalue weighted by molar-refractivity contribution is 7.87. The molecule has 0 atom stereocenters. The summed E-state index contributed by atoms with van der Waals surface area (Å²) in [5.41, 5.74) is -1.42. The van der Waals surface area contributed by atoms with Crippen LogP contribution in [0.1, 0.15) is 30.5 Å². The lowest BCUT2D eigenvalue weighted by molar-refractivity contribution is -0.137. The maximum Gasteiger partial charge on any atom is 0.416 e. The van der Waals surface area contributed by atoms with Gasteiger partial charge in [0.2, 0.25) is 34.8 Å². The van der Waals surface area contributed by atoms with Crippen LogP contribution >= 0.6 is 0 Å². The van der Waals surface area contributed by atoms with E-state index < -0.39 is 67.2 Å². The minimum atomic E-state index is -5.18. The Kier molecular flexibility index (Phi) is 6.82. The van der Waals surface area contributed by atoms with Crippen LogP contribution < -0.4 is 13.7 Å². The summed E-state index contributed by atoms with van der Waals surface area (Å²) in [6.07, 6.45) is -3.09. The summed E-state index contributed by atoms with van der Waals surface area (Å²) in [6.45, 7) is 3.11. The Bertz CT molecular complexity index is 1600. The summed E-state index contributed by atoms with van der Waals surface area (Å²) < 4.78 is 149. The Morgan fingerprint density at radius 1 is 0.821 bits per heavy atom. The highest BCUT2D eigenvalue weighted by atomic mass is 32.2. The third-order valence-electron chi connectivity index (χ3n) is 5.58. The van der Waals surface area contributed by atoms with Crippen LogP contribution in [0.25, 0.3) is 5.57 Å². The summed E-state index contributed by atoms with van der Waals surface area (Å²) in [5, 5.41) is 0. The molecule has 5 nitrogen and oxygen atoms in total. The first-order valence-corrected chi connectivity index (χ1v) is 12.2. The van der Waals surface area contributed by atoms with E-state index in [1.807, 2.05) is 0 Å². The van der Waals surface area contributed by atoms with Crippen LogP contribution in [-0.4, -0.2) is 21.1 Å². The molecule has 0 unspecified atom stereocenters. The van der Waals surface area contributed by atoms with E-state index >= 15 is 0 Å². The monoisotopic (exact) mass is 580 g/mol. The fourth-order valence-corrected chi connectivity index (χ4v) is 4.78. The number of hydrogen-bond donors (Lipinski definition) is 0. The molecule has 0 aliphatic carbocycles. The maximum atomic E-state index is 14.0. The average Bonchev–Trinajstić information content (AvgIpc) is 2.86. The molecule has 208 valence electrons. The number of halogens is 8. The third-order valence-corrected chi connectivity index (χ3v) is 6.80. The molecule has 14 heteroatoms. The molecule has 0 N–H and O–H groups in total. The topological polar surface area (TPSA) is 61.8 Å². The van der Waals surface area contributed by atoms with Gasteiger partial charge in [-0.15, -0.1) is 0 Å². The second kappa shape index (κ2) is 9.43. The number of methoxy groups -OCH3 is 1. The summed E-state index contributed by atoms with van der Waals surface area (Å²) in [4.78, 5) is -0.776. The molecule has 0 aromatic heterocycles. The van der Waals surface area contributed by atoms with Crippen molar-refractivity contribution in [2.45, 2.75) is 30.5 Å². The number of fused-ring (bicyclic) bond motifs is 1. The van der Waals surface area contributed by atoms with Crippen LogP contribution in [0.5, 0.6) is 17.2 Å². The highest BCUT2D eigenvalue weighted by Crippen LogP contribution is 2.44. The van der Waals surface area contributed by atoms with Gasteiger partial charge in [-0.2, -0.15) is 30.4 Å². The van der Waals surface area contributed by atoms with E-state index in [1.165, 1.54) is 6.07 Å². The van der Waals surface area contributed by atoms with E-state index in [2.05, 4.69) is 4.18 Å². The lowest BCUT2D eigenvalue weighted by atomic mass is 9.89. The number of ether oxygens (including phenoxy) is 2.